The third-order valence-electron chi connectivity index (χ3n) is 3.01. The van der Waals surface area contributed by atoms with Crippen molar-refractivity contribution in [2.75, 3.05) is 14.2 Å². The molecule has 0 heterocycles. The van der Waals surface area contributed by atoms with E-state index >= 15 is 0 Å². The minimum Gasteiger partial charge on any atom is -0.496 e. The SMILES string of the molecule is COc1cc(C(Br)c2cc(Cl)ccc2F)c(OC)cc1Br. The van der Waals surface area contributed by atoms with Gasteiger partial charge >= 0.3 is 0 Å². The molecule has 0 aromatic heterocycles. The lowest BCUT2D eigenvalue weighted by Crippen LogP contribution is -2.01. The number of hydrogen-bond donors (Lipinski definition) is 0. The summed E-state index contributed by atoms with van der Waals surface area (Å²) in [4.78, 5) is -0.409. The van der Waals surface area contributed by atoms with Crippen LogP contribution in [0.5, 0.6) is 11.5 Å². The van der Waals surface area contributed by atoms with E-state index in [2.05, 4.69) is 31.9 Å². The Morgan fingerprint density at radius 2 is 1.71 bits per heavy atom. The molecule has 0 aliphatic carbocycles. The summed E-state index contributed by atoms with van der Waals surface area (Å²) in [5.74, 6) is 0.909. The maximum Gasteiger partial charge on any atom is 0.133 e. The highest BCUT2D eigenvalue weighted by molar-refractivity contribution is 9.10. The fourth-order valence-electron chi connectivity index (χ4n) is 1.96. The molecule has 0 bridgehead atoms. The summed E-state index contributed by atoms with van der Waals surface area (Å²) in [6.45, 7) is 0. The van der Waals surface area contributed by atoms with Crippen molar-refractivity contribution in [3.05, 3.63) is 56.8 Å². The number of methoxy groups -OCH3 is 2. The predicted octanol–water partition coefficient (Wildman–Crippen LogP) is 5.74. The molecular formula is C15H12Br2ClFO2. The van der Waals surface area contributed by atoms with Crippen molar-refractivity contribution in [2.24, 2.45) is 0 Å². The molecule has 0 fully saturated rings. The summed E-state index contributed by atoms with van der Waals surface area (Å²) in [6.07, 6.45) is 0. The smallest absolute Gasteiger partial charge is 0.133 e. The Bertz CT molecular complexity index is 664. The average Bonchev–Trinajstić information content (AvgIpc) is 2.48. The molecule has 0 saturated carbocycles. The van der Waals surface area contributed by atoms with Crippen molar-refractivity contribution in [3.8, 4) is 11.5 Å². The first-order chi connectivity index (χ1) is 9.97. The van der Waals surface area contributed by atoms with Crippen LogP contribution in [0.25, 0.3) is 0 Å². The van der Waals surface area contributed by atoms with Crippen LogP contribution in [0.2, 0.25) is 5.02 Å². The zero-order chi connectivity index (χ0) is 15.6. The highest BCUT2D eigenvalue weighted by atomic mass is 79.9. The lowest BCUT2D eigenvalue weighted by atomic mass is 10.0. The fourth-order valence-corrected chi connectivity index (χ4v) is 3.33. The minimum absolute atomic E-state index is 0.342. The minimum atomic E-state index is -0.409. The van der Waals surface area contributed by atoms with E-state index in [1.165, 1.54) is 12.1 Å². The molecule has 6 heteroatoms. The van der Waals surface area contributed by atoms with Gasteiger partial charge in [-0.2, -0.15) is 0 Å². The first-order valence-electron chi connectivity index (χ1n) is 5.98. The van der Waals surface area contributed by atoms with Gasteiger partial charge < -0.3 is 9.47 Å². The van der Waals surface area contributed by atoms with Gasteiger partial charge in [0.2, 0.25) is 0 Å². The van der Waals surface area contributed by atoms with Crippen LogP contribution < -0.4 is 9.47 Å². The average molecular weight is 439 g/mol. The van der Waals surface area contributed by atoms with Crippen LogP contribution in [0.4, 0.5) is 4.39 Å². The van der Waals surface area contributed by atoms with Gasteiger partial charge in [-0.3, -0.25) is 0 Å². The van der Waals surface area contributed by atoms with Gasteiger partial charge in [0.05, 0.1) is 23.5 Å². The molecule has 2 nitrogen and oxygen atoms in total. The van der Waals surface area contributed by atoms with Gasteiger partial charge in [0.25, 0.3) is 0 Å². The van der Waals surface area contributed by atoms with E-state index in [0.29, 0.717) is 22.1 Å². The molecule has 112 valence electrons. The predicted molar refractivity (Wildman–Crippen MR) is 89.4 cm³/mol. The lowest BCUT2D eigenvalue weighted by Gasteiger charge is -2.17. The van der Waals surface area contributed by atoms with Crippen molar-refractivity contribution >= 4 is 43.5 Å². The molecule has 0 aliphatic heterocycles. The molecule has 2 aromatic carbocycles. The first kappa shape index (κ1) is 16.6. The molecule has 0 N–H and O–H groups in total. The van der Waals surface area contributed by atoms with Gasteiger partial charge in [-0.05, 0) is 46.3 Å². The molecule has 1 atom stereocenters. The number of alkyl halides is 1. The van der Waals surface area contributed by atoms with Crippen LogP contribution in [0.3, 0.4) is 0 Å². The van der Waals surface area contributed by atoms with Crippen LogP contribution in [-0.2, 0) is 0 Å². The van der Waals surface area contributed by atoms with Crippen molar-refractivity contribution in [3.63, 3.8) is 0 Å². The van der Waals surface area contributed by atoms with E-state index in [1.54, 1.807) is 32.4 Å². The molecule has 0 aliphatic rings. The van der Waals surface area contributed by atoms with Gasteiger partial charge in [0.15, 0.2) is 0 Å². The summed E-state index contributed by atoms with van der Waals surface area (Å²) >= 11 is 12.9. The maximum absolute atomic E-state index is 14.0. The number of ether oxygens (including phenoxy) is 2. The quantitative estimate of drug-likeness (QED) is 0.567. The summed E-state index contributed by atoms with van der Waals surface area (Å²) in [7, 11) is 3.13. The Kier molecular flexibility index (Phi) is 5.52. The van der Waals surface area contributed by atoms with Crippen LogP contribution in [0, 0.1) is 5.82 Å². The van der Waals surface area contributed by atoms with Crippen LogP contribution in [-0.4, -0.2) is 14.2 Å². The largest absolute Gasteiger partial charge is 0.496 e. The first-order valence-corrected chi connectivity index (χ1v) is 8.07. The molecule has 2 aromatic rings. The molecule has 0 radical (unpaired) electrons. The summed E-state index contributed by atoms with van der Waals surface area (Å²) in [6, 6.07) is 8.02. The number of rotatable bonds is 4. The molecular weight excluding hydrogens is 426 g/mol. The lowest BCUT2D eigenvalue weighted by molar-refractivity contribution is 0.397. The highest BCUT2D eigenvalue weighted by Gasteiger charge is 2.21. The second-order valence-electron chi connectivity index (χ2n) is 4.26. The van der Waals surface area contributed by atoms with E-state index in [1.807, 2.05) is 0 Å². The third kappa shape index (κ3) is 3.52. The van der Waals surface area contributed by atoms with Gasteiger partial charge in [0.1, 0.15) is 17.3 Å². The number of halogens is 4. The van der Waals surface area contributed by atoms with E-state index in [4.69, 9.17) is 21.1 Å². The van der Waals surface area contributed by atoms with Gasteiger partial charge in [0, 0.05) is 16.1 Å². The molecule has 0 saturated heterocycles. The topological polar surface area (TPSA) is 18.5 Å². The second kappa shape index (κ2) is 6.99. The van der Waals surface area contributed by atoms with Crippen LogP contribution in [0.15, 0.2) is 34.8 Å². The molecule has 0 amide bonds. The van der Waals surface area contributed by atoms with Crippen LogP contribution in [0.1, 0.15) is 16.0 Å². The summed E-state index contributed by atoms with van der Waals surface area (Å²) < 4.78 is 25.4. The second-order valence-corrected chi connectivity index (χ2v) is 6.46. The zero-order valence-corrected chi connectivity index (χ0v) is 15.2. The van der Waals surface area contributed by atoms with Crippen molar-refractivity contribution in [1.82, 2.24) is 0 Å². The van der Waals surface area contributed by atoms with Gasteiger partial charge in [-0.15, -0.1) is 0 Å². The van der Waals surface area contributed by atoms with Crippen LogP contribution >= 0.6 is 43.5 Å². The van der Waals surface area contributed by atoms with E-state index in [9.17, 15) is 4.39 Å². The summed E-state index contributed by atoms with van der Waals surface area (Å²) in [5.41, 5.74) is 1.18. The Morgan fingerprint density at radius 1 is 1.05 bits per heavy atom. The Morgan fingerprint density at radius 3 is 2.33 bits per heavy atom. The van der Waals surface area contributed by atoms with E-state index < -0.39 is 4.83 Å². The van der Waals surface area contributed by atoms with Crippen molar-refractivity contribution in [2.45, 2.75) is 4.83 Å². The zero-order valence-electron chi connectivity index (χ0n) is 11.3. The Balaban J connectivity index is 2.56. The molecule has 21 heavy (non-hydrogen) atoms. The van der Waals surface area contributed by atoms with Crippen molar-refractivity contribution in [1.29, 1.82) is 0 Å². The molecule has 0 spiro atoms. The van der Waals surface area contributed by atoms with E-state index in [-0.39, 0.29) is 5.82 Å². The maximum atomic E-state index is 14.0. The van der Waals surface area contributed by atoms with Gasteiger partial charge in [-0.1, -0.05) is 27.5 Å². The highest BCUT2D eigenvalue weighted by Crippen LogP contribution is 2.42. The monoisotopic (exact) mass is 436 g/mol. The van der Waals surface area contributed by atoms with Crippen molar-refractivity contribution < 1.29 is 13.9 Å². The third-order valence-corrected chi connectivity index (χ3v) is 4.85. The number of hydrogen-bond acceptors (Lipinski definition) is 2. The van der Waals surface area contributed by atoms with E-state index in [0.717, 1.165) is 10.0 Å². The standard InChI is InChI=1S/C15H12Br2ClFO2/c1-20-13-7-11(16)14(21-2)6-10(13)15(17)9-5-8(18)3-4-12(9)19/h3-7,15H,1-2H3. The number of benzene rings is 2. The fraction of sp³-hybridized carbons (Fsp3) is 0.200. The van der Waals surface area contributed by atoms with Gasteiger partial charge in [-0.25, -0.2) is 4.39 Å². The molecule has 2 rings (SSSR count). The Hall–Kier alpha value is -0.780. The molecule has 1 unspecified atom stereocenters. The summed E-state index contributed by atoms with van der Waals surface area (Å²) in [5, 5.41) is 0.471. The normalized spacial score (nSPS) is 12.1. The Labute approximate surface area is 144 Å².